The molecule has 1 aromatic rings. The lowest BCUT2D eigenvalue weighted by atomic mass is 10.2. The molecule has 0 spiro atoms. The Bertz CT molecular complexity index is 360. The number of carbonyl (C=O) groups is 2. The molecule has 0 aromatic heterocycles. The average Bonchev–Trinajstić information content (AvgIpc) is 2.29. The van der Waals surface area contributed by atoms with Crippen LogP contribution in [0.25, 0.3) is 0 Å². The van der Waals surface area contributed by atoms with Gasteiger partial charge in [0.1, 0.15) is 6.29 Å². The molecule has 1 amide bonds. The number of nitrogens with one attached hydrogen (secondary N) is 1. The van der Waals surface area contributed by atoms with Crippen molar-refractivity contribution in [3.05, 3.63) is 29.8 Å². The summed E-state index contributed by atoms with van der Waals surface area (Å²) in [6, 6.07) is 7.11. The van der Waals surface area contributed by atoms with Crippen molar-refractivity contribution in [2.24, 2.45) is 0 Å². The van der Waals surface area contributed by atoms with Crippen molar-refractivity contribution < 1.29 is 9.59 Å². The summed E-state index contributed by atoms with van der Waals surface area (Å²) in [7, 11) is 1.84. The number of amides is 1. The summed E-state index contributed by atoms with van der Waals surface area (Å²) in [6.45, 7) is 2.84. The van der Waals surface area contributed by atoms with Crippen LogP contribution in [-0.2, 0) is 4.79 Å². The fourth-order valence-electron chi connectivity index (χ4n) is 1.37. The van der Waals surface area contributed by atoms with Crippen LogP contribution < -0.4 is 10.2 Å². The highest BCUT2D eigenvalue weighted by Crippen LogP contribution is 2.12. The molecule has 0 saturated heterocycles. The quantitative estimate of drug-likeness (QED) is 0.755. The van der Waals surface area contributed by atoms with E-state index in [4.69, 9.17) is 0 Å². The number of rotatable bonds is 5. The Kier molecular flexibility index (Phi) is 4.51. The van der Waals surface area contributed by atoms with E-state index in [-0.39, 0.29) is 5.91 Å². The predicted octanol–water partition coefficient (Wildman–Crippen LogP) is 1.07. The third-order valence-corrected chi connectivity index (χ3v) is 2.22. The van der Waals surface area contributed by atoms with Gasteiger partial charge in [0.05, 0.1) is 6.54 Å². The Morgan fingerprint density at radius 1 is 1.38 bits per heavy atom. The van der Waals surface area contributed by atoms with Crippen LogP contribution in [0, 0.1) is 0 Å². The van der Waals surface area contributed by atoms with Crippen LogP contribution in [0.1, 0.15) is 17.3 Å². The minimum absolute atomic E-state index is 0.00976. The topological polar surface area (TPSA) is 49.4 Å². The third kappa shape index (κ3) is 3.38. The van der Waals surface area contributed by atoms with E-state index in [1.54, 1.807) is 12.1 Å². The van der Waals surface area contributed by atoms with Gasteiger partial charge in [-0.05, 0) is 31.2 Å². The van der Waals surface area contributed by atoms with E-state index in [0.717, 1.165) is 12.0 Å². The van der Waals surface area contributed by atoms with Crippen LogP contribution in [0.5, 0.6) is 0 Å². The van der Waals surface area contributed by atoms with Gasteiger partial charge in [-0.15, -0.1) is 0 Å². The Morgan fingerprint density at radius 3 is 2.50 bits per heavy atom. The molecule has 0 fully saturated rings. The summed E-state index contributed by atoms with van der Waals surface area (Å²) in [6.07, 6.45) is 0.799. The first-order chi connectivity index (χ1) is 7.67. The second kappa shape index (κ2) is 5.90. The maximum Gasteiger partial charge on any atom is 0.239 e. The fourth-order valence-corrected chi connectivity index (χ4v) is 1.37. The number of anilines is 1. The van der Waals surface area contributed by atoms with E-state index in [1.807, 2.05) is 31.0 Å². The van der Waals surface area contributed by atoms with Gasteiger partial charge in [-0.1, -0.05) is 0 Å². The van der Waals surface area contributed by atoms with Gasteiger partial charge in [0.15, 0.2) is 0 Å². The second-order valence-corrected chi connectivity index (χ2v) is 3.52. The first-order valence-electron chi connectivity index (χ1n) is 5.20. The van der Waals surface area contributed by atoms with Gasteiger partial charge in [0.25, 0.3) is 0 Å². The Labute approximate surface area is 95.3 Å². The summed E-state index contributed by atoms with van der Waals surface area (Å²) >= 11 is 0. The van der Waals surface area contributed by atoms with E-state index in [1.165, 1.54) is 0 Å². The molecule has 0 unspecified atom stereocenters. The van der Waals surface area contributed by atoms with Crippen molar-refractivity contribution in [1.29, 1.82) is 0 Å². The molecular formula is C12H16N2O2. The minimum atomic E-state index is -0.00976. The lowest BCUT2D eigenvalue weighted by Gasteiger charge is -2.18. The molecule has 1 rings (SSSR count). The Hall–Kier alpha value is -1.84. The van der Waals surface area contributed by atoms with Gasteiger partial charge in [0, 0.05) is 24.8 Å². The molecule has 1 aromatic carbocycles. The van der Waals surface area contributed by atoms with Gasteiger partial charge in [-0.25, -0.2) is 0 Å². The largest absolute Gasteiger partial charge is 0.365 e. The van der Waals surface area contributed by atoms with E-state index >= 15 is 0 Å². The van der Waals surface area contributed by atoms with Crippen molar-refractivity contribution >= 4 is 17.9 Å². The molecule has 0 aliphatic carbocycles. The standard InChI is InChI=1S/C12H16N2O2/c1-3-13-12(16)8-14(2)11-6-4-10(9-15)5-7-11/h4-7,9H,3,8H2,1-2H3,(H,13,16). The molecular weight excluding hydrogens is 204 g/mol. The van der Waals surface area contributed by atoms with E-state index in [9.17, 15) is 9.59 Å². The number of nitrogens with zero attached hydrogens (tertiary/aromatic N) is 1. The van der Waals surface area contributed by atoms with Crippen LogP contribution in [0.2, 0.25) is 0 Å². The fraction of sp³-hybridized carbons (Fsp3) is 0.333. The maximum absolute atomic E-state index is 11.3. The molecule has 86 valence electrons. The van der Waals surface area contributed by atoms with Crippen molar-refractivity contribution in [3.63, 3.8) is 0 Å². The van der Waals surface area contributed by atoms with Crippen molar-refractivity contribution in [3.8, 4) is 0 Å². The molecule has 0 aliphatic rings. The summed E-state index contributed by atoms with van der Waals surface area (Å²) in [5.41, 5.74) is 1.55. The van der Waals surface area contributed by atoms with E-state index in [2.05, 4.69) is 5.32 Å². The molecule has 1 N–H and O–H groups in total. The maximum atomic E-state index is 11.3. The van der Waals surface area contributed by atoms with E-state index < -0.39 is 0 Å². The molecule has 4 nitrogen and oxygen atoms in total. The highest BCUT2D eigenvalue weighted by molar-refractivity contribution is 5.81. The zero-order chi connectivity index (χ0) is 12.0. The number of carbonyl (C=O) groups excluding carboxylic acids is 2. The lowest BCUT2D eigenvalue weighted by Crippen LogP contribution is -2.34. The average molecular weight is 220 g/mol. The number of hydrogen-bond acceptors (Lipinski definition) is 3. The Balaban J connectivity index is 2.61. The molecule has 0 heterocycles. The van der Waals surface area contributed by atoms with Crippen molar-refractivity contribution in [2.75, 3.05) is 25.0 Å². The molecule has 0 radical (unpaired) electrons. The summed E-state index contributed by atoms with van der Waals surface area (Å²) in [5.74, 6) is -0.00976. The van der Waals surface area contributed by atoms with Gasteiger partial charge in [0.2, 0.25) is 5.91 Å². The number of benzene rings is 1. The van der Waals surface area contributed by atoms with Crippen LogP contribution in [-0.4, -0.2) is 32.3 Å². The zero-order valence-electron chi connectivity index (χ0n) is 9.56. The van der Waals surface area contributed by atoms with Gasteiger partial charge in [-0.3, -0.25) is 9.59 Å². The molecule has 0 bridgehead atoms. The summed E-state index contributed by atoms with van der Waals surface area (Å²) in [5, 5.41) is 2.73. The smallest absolute Gasteiger partial charge is 0.239 e. The predicted molar refractivity (Wildman–Crippen MR) is 63.8 cm³/mol. The number of aldehydes is 1. The molecule has 4 heteroatoms. The first kappa shape index (κ1) is 12.2. The first-order valence-corrected chi connectivity index (χ1v) is 5.20. The monoisotopic (exact) mass is 220 g/mol. The van der Waals surface area contributed by atoms with Crippen LogP contribution >= 0.6 is 0 Å². The summed E-state index contributed by atoms with van der Waals surface area (Å²) in [4.78, 5) is 23.6. The van der Waals surface area contributed by atoms with Crippen molar-refractivity contribution in [2.45, 2.75) is 6.92 Å². The van der Waals surface area contributed by atoms with Crippen LogP contribution in [0.15, 0.2) is 24.3 Å². The zero-order valence-corrected chi connectivity index (χ0v) is 9.56. The van der Waals surface area contributed by atoms with E-state index in [0.29, 0.717) is 18.7 Å². The third-order valence-electron chi connectivity index (χ3n) is 2.22. The number of hydrogen-bond donors (Lipinski definition) is 1. The molecule has 0 atom stereocenters. The van der Waals surface area contributed by atoms with Crippen LogP contribution in [0.4, 0.5) is 5.69 Å². The molecule has 16 heavy (non-hydrogen) atoms. The normalized spacial score (nSPS) is 9.62. The number of likely N-dealkylation sites (N-methyl/N-ethyl adjacent to an activating group) is 2. The van der Waals surface area contributed by atoms with Crippen LogP contribution in [0.3, 0.4) is 0 Å². The minimum Gasteiger partial charge on any atom is -0.365 e. The SMILES string of the molecule is CCNC(=O)CN(C)c1ccc(C=O)cc1. The van der Waals surface area contributed by atoms with Gasteiger partial charge in [-0.2, -0.15) is 0 Å². The van der Waals surface area contributed by atoms with Crippen molar-refractivity contribution in [1.82, 2.24) is 5.32 Å². The van der Waals surface area contributed by atoms with Gasteiger partial charge < -0.3 is 10.2 Å². The lowest BCUT2D eigenvalue weighted by molar-refractivity contribution is -0.119. The summed E-state index contributed by atoms with van der Waals surface area (Å²) < 4.78 is 0. The molecule has 0 saturated carbocycles. The highest BCUT2D eigenvalue weighted by Gasteiger charge is 2.05. The molecule has 0 aliphatic heterocycles. The van der Waals surface area contributed by atoms with Gasteiger partial charge >= 0.3 is 0 Å². The second-order valence-electron chi connectivity index (χ2n) is 3.52. The Morgan fingerprint density at radius 2 is 2.00 bits per heavy atom. The highest BCUT2D eigenvalue weighted by atomic mass is 16.2.